The molecule has 0 aliphatic heterocycles. The number of benzene rings is 1. The Morgan fingerprint density at radius 3 is 2.67 bits per heavy atom. The number of aromatic nitrogens is 1. The fourth-order valence-electron chi connectivity index (χ4n) is 1.71. The lowest BCUT2D eigenvalue weighted by atomic mass is 10.1. The lowest BCUT2D eigenvalue weighted by Crippen LogP contribution is -2.06. The van der Waals surface area contributed by atoms with Gasteiger partial charge in [-0.15, -0.1) is 11.3 Å². The molecule has 2 aromatic rings. The Bertz CT molecular complexity index is 584. The third kappa shape index (κ3) is 2.80. The molecule has 0 aliphatic carbocycles. The van der Waals surface area contributed by atoms with Crippen LogP contribution < -0.4 is 0 Å². The van der Waals surface area contributed by atoms with Crippen molar-refractivity contribution in [2.24, 2.45) is 0 Å². The van der Waals surface area contributed by atoms with Gasteiger partial charge in [0.05, 0.1) is 12.1 Å². The van der Waals surface area contributed by atoms with Crippen molar-refractivity contribution >= 4 is 39.7 Å². The van der Waals surface area contributed by atoms with Crippen LogP contribution in [0.1, 0.15) is 31.5 Å². The number of nitrogens with zero attached hydrogens (tertiary/aromatic N) is 1. The molecule has 1 aromatic heterocycles. The van der Waals surface area contributed by atoms with E-state index in [-0.39, 0.29) is 5.78 Å². The summed E-state index contributed by atoms with van der Waals surface area (Å²) < 4.78 is 1.05. The predicted molar refractivity (Wildman–Crippen MR) is 83.5 cm³/mol. The molecule has 4 heteroatoms. The molecule has 2 nitrogen and oxygen atoms in total. The van der Waals surface area contributed by atoms with Crippen molar-refractivity contribution in [2.75, 3.05) is 0 Å². The van der Waals surface area contributed by atoms with Crippen molar-refractivity contribution in [1.29, 1.82) is 0 Å². The van der Waals surface area contributed by atoms with Crippen molar-refractivity contribution < 1.29 is 4.79 Å². The van der Waals surface area contributed by atoms with Gasteiger partial charge < -0.3 is 0 Å². The molecule has 0 amide bonds. The summed E-state index contributed by atoms with van der Waals surface area (Å²) in [5.74, 6) is 0.150. The molecule has 0 aliphatic rings. The van der Waals surface area contributed by atoms with Crippen LogP contribution in [0.25, 0.3) is 0 Å². The average molecular weight is 371 g/mol. The smallest absolute Gasteiger partial charge is 0.170 e. The maximum Gasteiger partial charge on any atom is 0.170 e. The predicted octanol–water partition coefficient (Wildman–Crippen LogP) is 4.10. The van der Waals surface area contributed by atoms with Gasteiger partial charge >= 0.3 is 0 Å². The normalized spacial score (nSPS) is 10.7. The van der Waals surface area contributed by atoms with Crippen molar-refractivity contribution in [2.45, 2.75) is 27.2 Å². The van der Waals surface area contributed by atoms with E-state index in [1.807, 2.05) is 39.0 Å². The summed E-state index contributed by atoms with van der Waals surface area (Å²) in [6, 6.07) is 5.85. The van der Waals surface area contributed by atoms with Gasteiger partial charge in [-0.1, -0.05) is 18.2 Å². The largest absolute Gasteiger partial charge is 0.294 e. The molecule has 2 rings (SSSR count). The second-order valence-corrected chi connectivity index (χ2v) is 6.65. The van der Waals surface area contributed by atoms with Crippen molar-refractivity contribution in [3.8, 4) is 0 Å². The van der Waals surface area contributed by atoms with Gasteiger partial charge in [-0.05, 0) is 48.9 Å². The summed E-state index contributed by atoms with van der Waals surface area (Å²) in [6.07, 6.45) is 0.402. The number of ketones is 1. The molecule has 0 saturated heterocycles. The fraction of sp³-hybridized carbons (Fsp3) is 0.286. The van der Waals surface area contributed by atoms with Crippen molar-refractivity contribution in [3.05, 3.63) is 48.5 Å². The molecule has 0 spiro atoms. The molecular weight excluding hydrogens is 357 g/mol. The van der Waals surface area contributed by atoms with Gasteiger partial charge in [0.15, 0.2) is 5.78 Å². The minimum atomic E-state index is 0.150. The van der Waals surface area contributed by atoms with E-state index >= 15 is 0 Å². The molecule has 18 heavy (non-hydrogen) atoms. The number of rotatable bonds is 3. The van der Waals surface area contributed by atoms with Crippen LogP contribution in [0.4, 0.5) is 0 Å². The van der Waals surface area contributed by atoms with E-state index in [0.29, 0.717) is 6.42 Å². The zero-order valence-electron chi connectivity index (χ0n) is 10.6. The highest BCUT2D eigenvalue weighted by molar-refractivity contribution is 14.1. The quantitative estimate of drug-likeness (QED) is 0.601. The number of carbonyl (C=O) groups excluding carboxylic acids is 1. The molecule has 0 bridgehead atoms. The Hall–Kier alpha value is -0.750. The van der Waals surface area contributed by atoms with Gasteiger partial charge in [-0.3, -0.25) is 4.79 Å². The van der Waals surface area contributed by atoms with E-state index in [0.717, 1.165) is 25.4 Å². The highest BCUT2D eigenvalue weighted by atomic mass is 127. The Morgan fingerprint density at radius 2 is 2.06 bits per heavy atom. The summed E-state index contributed by atoms with van der Waals surface area (Å²) in [7, 11) is 0. The Kier molecular flexibility index (Phi) is 4.17. The minimum Gasteiger partial charge on any atom is -0.294 e. The van der Waals surface area contributed by atoms with E-state index in [2.05, 4.69) is 27.6 Å². The van der Waals surface area contributed by atoms with Crippen LogP contribution in [0.5, 0.6) is 0 Å². The summed E-state index contributed by atoms with van der Waals surface area (Å²) in [5, 5.41) is 0.910. The van der Waals surface area contributed by atoms with E-state index in [1.165, 1.54) is 4.88 Å². The summed E-state index contributed by atoms with van der Waals surface area (Å²) in [6.45, 7) is 6.05. The summed E-state index contributed by atoms with van der Waals surface area (Å²) >= 11 is 3.85. The van der Waals surface area contributed by atoms with Crippen LogP contribution in [0.15, 0.2) is 18.2 Å². The van der Waals surface area contributed by atoms with Crippen LogP contribution >= 0.6 is 33.9 Å². The molecule has 0 atom stereocenters. The van der Waals surface area contributed by atoms with Gasteiger partial charge in [0.2, 0.25) is 0 Å². The molecule has 94 valence electrons. The standard InChI is InChI=1S/C14H14INOS/c1-8-5-4-6-11(14(8)15)12(17)7-13-16-9(2)10(3)18-13/h4-6H,7H2,1-3H3. The Labute approximate surface area is 125 Å². The first-order valence-corrected chi connectivity index (χ1v) is 7.59. The Morgan fingerprint density at radius 1 is 1.33 bits per heavy atom. The number of hydrogen-bond acceptors (Lipinski definition) is 3. The van der Waals surface area contributed by atoms with Crippen LogP contribution in [0.2, 0.25) is 0 Å². The van der Waals surface area contributed by atoms with E-state index in [9.17, 15) is 4.79 Å². The zero-order valence-corrected chi connectivity index (χ0v) is 13.6. The monoisotopic (exact) mass is 371 g/mol. The third-order valence-electron chi connectivity index (χ3n) is 2.88. The summed E-state index contributed by atoms with van der Waals surface area (Å²) in [4.78, 5) is 17.9. The molecule has 0 unspecified atom stereocenters. The molecule has 0 N–H and O–H groups in total. The number of aryl methyl sites for hydroxylation is 3. The van der Waals surface area contributed by atoms with Gasteiger partial charge in [-0.2, -0.15) is 0 Å². The zero-order chi connectivity index (χ0) is 13.3. The molecular formula is C14H14INOS. The van der Waals surface area contributed by atoms with Crippen LogP contribution in [0.3, 0.4) is 0 Å². The average Bonchev–Trinajstić information content (AvgIpc) is 2.61. The maximum absolute atomic E-state index is 12.3. The molecule has 0 saturated carbocycles. The van der Waals surface area contributed by atoms with E-state index < -0.39 is 0 Å². The lowest BCUT2D eigenvalue weighted by molar-refractivity contribution is 0.0992. The van der Waals surface area contributed by atoms with Gasteiger partial charge in [0.25, 0.3) is 0 Å². The second kappa shape index (κ2) is 5.48. The number of thiazole rings is 1. The molecule has 1 heterocycles. The molecule has 0 fully saturated rings. The van der Waals surface area contributed by atoms with Gasteiger partial charge in [0.1, 0.15) is 5.01 Å². The van der Waals surface area contributed by atoms with E-state index in [1.54, 1.807) is 11.3 Å². The first-order valence-electron chi connectivity index (χ1n) is 5.70. The second-order valence-electron chi connectivity index (χ2n) is 4.29. The number of halogens is 1. The van der Waals surface area contributed by atoms with Crippen molar-refractivity contribution in [1.82, 2.24) is 4.98 Å². The lowest BCUT2D eigenvalue weighted by Gasteiger charge is -2.04. The highest BCUT2D eigenvalue weighted by Gasteiger charge is 2.14. The first-order chi connectivity index (χ1) is 8.49. The Balaban J connectivity index is 2.24. The number of carbonyl (C=O) groups is 1. The van der Waals surface area contributed by atoms with Crippen molar-refractivity contribution in [3.63, 3.8) is 0 Å². The summed E-state index contributed by atoms with van der Waals surface area (Å²) in [5.41, 5.74) is 2.98. The maximum atomic E-state index is 12.3. The van der Waals surface area contributed by atoms with Crippen LogP contribution in [0, 0.1) is 24.3 Å². The highest BCUT2D eigenvalue weighted by Crippen LogP contribution is 2.21. The molecule has 1 aromatic carbocycles. The van der Waals surface area contributed by atoms with Gasteiger partial charge in [-0.25, -0.2) is 4.98 Å². The van der Waals surface area contributed by atoms with E-state index in [4.69, 9.17) is 0 Å². The number of Topliss-reactive ketones (excluding diaryl/α,β-unsaturated/α-hetero) is 1. The first kappa shape index (κ1) is 13.7. The third-order valence-corrected chi connectivity index (χ3v) is 5.38. The number of hydrogen-bond donors (Lipinski definition) is 0. The topological polar surface area (TPSA) is 30.0 Å². The van der Waals surface area contributed by atoms with Gasteiger partial charge in [0, 0.05) is 14.0 Å². The van der Waals surface area contributed by atoms with Crippen LogP contribution in [-0.4, -0.2) is 10.8 Å². The fourth-order valence-corrected chi connectivity index (χ4v) is 3.30. The SMILES string of the molecule is Cc1cccc(C(=O)Cc2nc(C)c(C)s2)c1I. The minimum absolute atomic E-state index is 0.150. The molecule has 0 radical (unpaired) electrons. The van der Waals surface area contributed by atoms with Crippen LogP contribution in [-0.2, 0) is 6.42 Å².